The first-order chi connectivity index (χ1) is 10.2. The number of carbonyl (C=O) groups excluding carboxylic acids is 1. The van der Waals surface area contributed by atoms with E-state index in [4.69, 9.17) is 4.74 Å². The highest BCUT2D eigenvalue weighted by Gasteiger charge is 2.22. The van der Waals surface area contributed by atoms with Crippen LogP contribution in [0.5, 0.6) is 0 Å². The van der Waals surface area contributed by atoms with Gasteiger partial charge in [-0.2, -0.15) is 0 Å². The van der Waals surface area contributed by atoms with Crippen LogP contribution >= 0.6 is 0 Å². The van der Waals surface area contributed by atoms with E-state index in [1.807, 2.05) is 32.0 Å². The SMILES string of the molecule is CC(C)OCCCCNC1CCc2ccccc2NC1=O. The second-order valence-electron chi connectivity index (χ2n) is 5.82. The molecule has 0 spiro atoms. The molecule has 0 bridgehead atoms. The predicted octanol–water partition coefficient (Wildman–Crippen LogP) is 2.73. The lowest BCUT2D eigenvalue weighted by Gasteiger charge is -2.15. The molecule has 2 rings (SSSR count). The zero-order valence-electron chi connectivity index (χ0n) is 13.0. The summed E-state index contributed by atoms with van der Waals surface area (Å²) in [5.74, 6) is 0.0818. The van der Waals surface area contributed by atoms with Crippen LogP contribution in [0.2, 0.25) is 0 Å². The van der Waals surface area contributed by atoms with Crippen molar-refractivity contribution in [2.45, 2.75) is 51.7 Å². The van der Waals surface area contributed by atoms with Crippen LogP contribution in [-0.4, -0.2) is 31.2 Å². The number of aryl methyl sites for hydroxylation is 1. The quantitative estimate of drug-likeness (QED) is 0.759. The van der Waals surface area contributed by atoms with Gasteiger partial charge in [-0.15, -0.1) is 0 Å². The van der Waals surface area contributed by atoms with Gasteiger partial charge in [0.15, 0.2) is 0 Å². The Hall–Kier alpha value is -1.39. The van der Waals surface area contributed by atoms with Gasteiger partial charge in [-0.1, -0.05) is 18.2 Å². The zero-order valence-corrected chi connectivity index (χ0v) is 13.0. The number of carbonyl (C=O) groups is 1. The Morgan fingerprint density at radius 1 is 1.33 bits per heavy atom. The predicted molar refractivity (Wildman–Crippen MR) is 85.5 cm³/mol. The molecule has 0 radical (unpaired) electrons. The van der Waals surface area contributed by atoms with Crippen LogP contribution in [0, 0.1) is 0 Å². The maximum atomic E-state index is 12.2. The third kappa shape index (κ3) is 5.14. The monoisotopic (exact) mass is 290 g/mol. The van der Waals surface area contributed by atoms with Crippen molar-refractivity contribution in [1.29, 1.82) is 0 Å². The maximum absolute atomic E-state index is 12.2. The molecular weight excluding hydrogens is 264 g/mol. The second kappa shape index (κ2) is 8.15. The fourth-order valence-corrected chi connectivity index (χ4v) is 2.53. The molecule has 1 aliphatic heterocycles. The zero-order chi connectivity index (χ0) is 15.1. The lowest BCUT2D eigenvalue weighted by Crippen LogP contribution is -2.40. The smallest absolute Gasteiger partial charge is 0.241 e. The average Bonchev–Trinajstić information content (AvgIpc) is 2.61. The van der Waals surface area contributed by atoms with Crippen LogP contribution in [0.1, 0.15) is 38.7 Å². The topological polar surface area (TPSA) is 50.4 Å². The average molecular weight is 290 g/mol. The third-order valence-electron chi connectivity index (χ3n) is 3.71. The number of benzene rings is 1. The van der Waals surface area contributed by atoms with E-state index >= 15 is 0 Å². The molecule has 4 nitrogen and oxygen atoms in total. The Balaban J connectivity index is 1.72. The molecule has 0 saturated heterocycles. The van der Waals surface area contributed by atoms with Crippen molar-refractivity contribution in [2.75, 3.05) is 18.5 Å². The maximum Gasteiger partial charge on any atom is 0.241 e. The van der Waals surface area contributed by atoms with E-state index in [0.717, 1.165) is 44.5 Å². The summed E-state index contributed by atoms with van der Waals surface area (Å²) in [6, 6.07) is 7.94. The van der Waals surface area contributed by atoms with E-state index in [0.29, 0.717) is 6.10 Å². The summed E-state index contributed by atoms with van der Waals surface area (Å²) < 4.78 is 5.51. The largest absolute Gasteiger partial charge is 0.379 e. The first kappa shape index (κ1) is 16.0. The number of para-hydroxylation sites is 1. The Bertz CT molecular complexity index is 460. The first-order valence-electron chi connectivity index (χ1n) is 7.90. The van der Waals surface area contributed by atoms with E-state index in [1.54, 1.807) is 0 Å². The molecule has 0 aromatic heterocycles. The number of anilines is 1. The van der Waals surface area contributed by atoms with E-state index in [2.05, 4.69) is 16.7 Å². The number of amides is 1. The van der Waals surface area contributed by atoms with Gasteiger partial charge in [0.25, 0.3) is 0 Å². The van der Waals surface area contributed by atoms with Crippen molar-refractivity contribution in [3.05, 3.63) is 29.8 Å². The highest BCUT2D eigenvalue weighted by molar-refractivity contribution is 5.96. The number of nitrogens with one attached hydrogen (secondary N) is 2. The molecule has 0 fully saturated rings. The van der Waals surface area contributed by atoms with Gasteiger partial charge in [0.05, 0.1) is 12.1 Å². The summed E-state index contributed by atoms with van der Waals surface area (Å²) in [6.45, 7) is 5.75. The number of rotatable bonds is 7. The summed E-state index contributed by atoms with van der Waals surface area (Å²) in [5.41, 5.74) is 2.18. The van der Waals surface area contributed by atoms with Crippen LogP contribution in [0.25, 0.3) is 0 Å². The van der Waals surface area contributed by atoms with Crippen molar-refractivity contribution in [3.63, 3.8) is 0 Å². The molecule has 1 amide bonds. The minimum absolute atomic E-state index is 0.0818. The summed E-state index contributed by atoms with van der Waals surface area (Å²) in [7, 11) is 0. The van der Waals surface area contributed by atoms with Gasteiger partial charge < -0.3 is 15.4 Å². The molecule has 1 aromatic carbocycles. The van der Waals surface area contributed by atoms with Crippen LogP contribution in [0.3, 0.4) is 0 Å². The summed E-state index contributed by atoms with van der Waals surface area (Å²) >= 11 is 0. The molecule has 1 atom stereocenters. The van der Waals surface area contributed by atoms with Crippen LogP contribution in [0.15, 0.2) is 24.3 Å². The van der Waals surface area contributed by atoms with Crippen molar-refractivity contribution < 1.29 is 9.53 Å². The van der Waals surface area contributed by atoms with Crippen molar-refractivity contribution in [1.82, 2.24) is 5.32 Å². The number of ether oxygens (including phenoxy) is 1. The van der Waals surface area contributed by atoms with Crippen molar-refractivity contribution in [3.8, 4) is 0 Å². The highest BCUT2D eigenvalue weighted by atomic mass is 16.5. The molecule has 4 heteroatoms. The van der Waals surface area contributed by atoms with E-state index in [-0.39, 0.29) is 11.9 Å². The standard InChI is InChI=1S/C17H26N2O2/c1-13(2)21-12-6-5-11-18-16-10-9-14-7-3-4-8-15(14)19-17(16)20/h3-4,7-8,13,16,18H,5-6,9-12H2,1-2H3,(H,19,20). The van der Waals surface area contributed by atoms with Crippen LogP contribution < -0.4 is 10.6 Å². The van der Waals surface area contributed by atoms with Gasteiger partial charge in [-0.3, -0.25) is 4.79 Å². The Labute approximate surface area is 127 Å². The molecule has 116 valence electrons. The van der Waals surface area contributed by atoms with Gasteiger partial charge in [0, 0.05) is 12.3 Å². The van der Waals surface area contributed by atoms with Crippen molar-refractivity contribution in [2.24, 2.45) is 0 Å². The molecule has 1 heterocycles. The molecule has 0 saturated carbocycles. The number of hydrogen-bond acceptors (Lipinski definition) is 3. The van der Waals surface area contributed by atoms with Gasteiger partial charge in [-0.25, -0.2) is 0 Å². The molecule has 1 aliphatic rings. The molecular formula is C17H26N2O2. The third-order valence-corrected chi connectivity index (χ3v) is 3.71. The molecule has 2 N–H and O–H groups in total. The summed E-state index contributed by atoms with van der Waals surface area (Å²) in [5, 5.41) is 6.38. The van der Waals surface area contributed by atoms with Crippen LogP contribution in [0.4, 0.5) is 5.69 Å². The minimum atomic E-state index is -0.0941. The van der Waals surface area contributed by atoms with Crippen molar-refractivity contribution >= 4 is 11.6 Å². The van der Waals surface area contributed by atoms with E-state index < -0.39 is 0 Å². The van der Waals surface area contributed by atoms with Gasteiger partial charge in [-0.05, 0) is 57.7 Å². The number of unbranched alkanes of at least 4 members (excludes halogenated alkanes) is 1. The van der Waals surface area contributed by atoms with Gasteiger partial charge in [0.1, 0.15) is 0 Å². The Morgan fingerprint density at radius 2 is 2.14 bits per heavy atom. The van der Waals surface area contributed by atoms with Gasteiger partial charge in [0.2, 0.25) is 5.91 Å². The lowest BCUT2D eigenvalue weighted by atomic mass is 10.1. The molecule has 1 unspecified atom stereocenters. The van der Waals surface area contributed by atoms with E-state index in [1.165, 1.54) is 5.56 Å². The summed E-state index contributed by atoms with van der Waals surface area (Å²) in [6.07, 6.45) is 4.14. The highest BCUT2D eigenvalue weighted by Crippen LogP contribution is 2.21. The molecule has 0 aliphatic carbocycles. The van der Waals surface area contributed by atoms with Gasteiger partial charge >= 0.3 is 0 Å². The molecule has 21 heavy (non-hydrogen) atoms. The minimum Gasteiger partial charge on any atom is -0.379 e. The van der Waals surface area contributed by atoms with E-state index in [9.17, 15) is 4.79 Å². The normalized spacial score (nSPS) is 18.2. The lowest BCUT2D eigenvalue weighted by molar-refractivity contribution is -0.118. The molecule has 1 aromatic rings. The Kier molecular flexibility index (Phi) is 6.21. The fourth-order valence-electron chi connectivity index (χ4n) is 2.53. The Morgan fingerprint density at radius 3 is 2.95 bits per heavy atom. The number of fused-ring (bicyclic) bond motifs is 1. The fraction of sp³-hybridized carbons (Fsp3) is 0.588. The van der Waals surface area contributed by atoms with Crippen LogP contribution in [-0.2, 0) is 16.0 Å². The first-order valence-corrected chi connectivity index (χ1v) is 7.90. The summed E-state index contributed by atoms with van der Waals surface area (Å²) in [4.78, 5) is 12.2. The second-order valence-corrected chi connectivity index (χ2v) is 5.82. The number of hydrogen-bond donors (Lipinski definition) is 2.